The lowest BCUT2D eigenvalue weighted by Gasteiger charge is -2.39. The Morgan fingerprint density at radius 1 is 1.19 bits per heavy atom. The number of aliphatic hydroxyl groups is 2. The van der Waals surface area contributed by atoms with Crippen molar-refractivity contribution in [2.24, 2.45) is 0 Å². The van der Waals surface area contributed by atoms with Gasteiger partial charge in [-0.3, -0.25) is 4.79 Å². The summed E-state index contributed by atoms with van der Waals surface area (Å²) in [5, 5.41) is 23.7. The first-order valence-corrected chi connectivity index (χ1v) is 9.24. The van der Waals surface area contributed by atoms with E-state index < -0.39 is 17.2 Å². The molecule has 0 spiro atoms. The van der Waals surface area contributed by atoms with Crippen molar-refractivity contribution in [3.8, 4) is 0 Å². The van der Waals surface area contributed by atoms with Crippen LogP contribution in [0.2, 0.25) is 0 Å². The summed E-state index contributed by atoms with van der Waals surface area (Å²) in [5.41, 5.74) is -0.983. The van der Waals surface area contributed by atoms with Crippen LogP contribution in [0.3, 0.4) is 0 Å². The van der Waals surface area contributed by atoms with Gasteiger partial charge in [0.25, 0.3) is 5.91 Å². The number of benzene rings is 1. The van der Waals surface area contributed by atoms with Crippen LogP contribution in [0.15, 0.2) is 18.2 Å². The van der Waals surface area contributed by atoms with E-state index in [-0.39, 0.29) is 31.1 Å². The van der Waals surface area contributed by atoms with E-state index in [2.05, 4.69) is 5.32 Å². The summed E-state index contributed by atoms with van der Waals surface area (Å²) in [7, 11) is 0. The van der Waals surface area contributed by atoms with Gasteiger partial charge in [0.05, 0.1) is 6.10 Å². The SMILES string of the molecule is O=C1N(Cc2ccc(F)c(F)c2)CCCC1(O)CNC1CCC(O)CC1. The van der Waals surface area contributed by atoms with Crippen LogP contribution in [-0.4, -0.2) is 51.9 Å². The number of hydrogen-bond donors (Lipinski definition) is 3. The molecule has 1 aromatic rings. The van der Waals surface area contributed by atoms with Crippen molar-refractivity contribution >= 4 is 5.91 Å². The number of aliphatic hydroxyl groups excluding tert-OH is 1. The number of piperidine rings is 1. The number of nitrogens with one attached hydrogen (secondary N) is 1. The molecule has 1 heterocycles. The van der Waals surface area contributed by atoms with Gasteiger partial charge in [0.2, 0.25) is 0 Å². The van der Waals surface area contributed by atoms with Gasteiger partial charge in [-0.2, -0.15) is 0 Å². The summed E-state index contributed by atoms with van der Waals surface area (Å²) in [5.74, 6) is -2.24. The molecule has 1 aliphatic carbocycles. The molecule has 1 saturated carbocycles. The predicted octanol–water partition coefficient (Wildman–Crippen LogP) is 1.71. The molecule has 1 saturated heterocycles. The standard InChI is InChI=1S/C19H26F2N2O3/c20-16-7-2-13(10-17(16)21)11-23-9-1-8-19(26,18(23)25)12-22-14-3-5-15(24)6-4-14/h2,7,10,14-15,22,24,26H,1,3-6,8-9,11-12H2. The average Bonchev–Trinajstić information content (AvgIpc) is 2.62. The molecular weight excluding hydrogens is 342 g/mol. The van der Waals surface area contributed by atoms with Crippen LogP contribution in [0.5, 0.6) is 0 Å². The van der Waals surface area contributed by atoms with Gasteiger partial charge >= 0.3 is 0 Å². The topological polar surface area (TPSA) is 72.8 Å². The molecule has 3 rings (SSSR count). The van der Waals surface area contributed by atoms with Crippen LogP contribution in [0, 0.1) is 11.6 Å². The minimum Gasteiger partial charge on any atom is -0.393 e. The highest BCUT2D eigenvalue weighted by Gasteiger charge is 2.42. The highest BCUT2D eigenvalue weighted by Crippen LogP contribution is 2.25. The van der Waals surface area contributed by atoms with E-state index in [0.29, 0.717) is 24.9 Å². The lowest BCUT2D eigenvalue weighted by molar-refractivity contribution is -0.157. The van der Waals surface area contributed by atoms with Crippen molar-refractivity contribution in [3.63, 3.8) is 0 Å². The Bertz CT molecular complexity index is 650. The Morgan fingerprint density at radius 2 is 1.92 bits per heavy atom. The van der Waals surface area contributed by atoms with Gasteiger partial charge in [-0.15, -0.1) is 0 Å². The minimum absolute atomic E-state index is 0.147. The zero-order valence-corrected chi connectivity index (χ0v) is 14.8. The highest BCUT2D eigenvalue weighted by molar-refractivity contribution is 5.86. The van der Waals surface area contributed by atoms with E-state index in [0.717, 1.165) is 37.8 Å². The first-order chi connectivity index (χ1) is 12.4. The molecule has 0 bridgehead atoms. The summed E-state index contributed by atoms with van der Waals surface area (Å²) in [6.07, 6.45) is 3.88. The first-order valence-electron chi connectivity index (χ1n) is 9.24. The monoisotopic (exact) mass is 368 g/mol. The molecule has 7 heteroatoms. The highest BCUT2D eigenvalue weighted by atomic mass is 19.2. The number of hydrogen-bond acceptors (Lipinski definition) is 4. The molecule has 2 fully saturated rings. The fraction of sp³-hybridized carbons (Fsp3) is 0.632. The maximum atomic E-state index is 13.4. The second-order valence-electron chi connectivity index (χ2n) is 7.50. The third kappa shape index (κ3) is 4.39. The molecule has 1 atom stereocenters. The lowest BCUT2D eigenvalue weighted by Crippen LogP contribution is -2.58. The van der Waals surface area contributed by atoms with Gasteiger partial charge in [0.15, 0.2) is 17.2 Å². The smallest absolute Gasteiger partial charge is 0.256 e. The van der Waals surface area contributed by atoms with Gasteiger partial charge in [0.1, 0.15) is 0 Å². The second-order valence-corrected chi connectivity index (χ2v) is 7.50. The molecule has 5 nitrogen and oxygen atoms in total. The molecule has 1 unspecified atom stereocenters. The van der Waals surface area contributed by atoms with Crippen molar-refractivity contribution in [2.45, 2.75) is 62.8 Å². The number of nitrogens with zero attached hydrogens (tertiary/aromatic N) is 1. The van der Waals surface area contributed by atoms with Crippen molar-refractivity contribution < 1.29 is 23.8 Å². The van der Waals surface area contributed by atoms with Gasteiger partial charge in [-0.1, -0.05) is 6.07 Å². The Hall–Kier alpha value is -1.57. The average molecular weight is 368 g/mol. The van der Waals surface area contributed by atoms with Crippen LogP contribution in [-0.2, 0) is 11.3 Å². The van der Waals surface area contributed by atoms with Crippen molar-refractivity contribution in [1.82, 2.24) is 10.2 Å². The summed E-state index contributed by atoms with van der Waals surface area (Å²) in [6.45, 7) is 0.796. The number of carbonyl (C=O) groups excluding carboxylic acids is 1. The van der Waals surface area contributed by atoms with E-state index in [9.17, 15) is 23.8 Å². The Labute approximate surface area is 152 Å². The molecule has 26 heavy (non-hydrogen) atoms. The van der Waals surface area contributed by atoms with Crippen LogP contribution in [0.1, 0.15) is 44.1 Å². The molecule has 1 aromatic carbocycles. The molecule has 3 N–H and O–H groups in total. The number of amides is 1. The number of rotatable bonds is 5. The largest absolute Gasteiger partial charge is 0.393 e. The fourth-order valence-corrected chi connectivity index (χ4v) is 3.83. The van der Waals surface area contributed by atoms with Crippen molar-refractivity contribution in [2.75, 3.05) is 13.1 Å². The molecule has 144 valence electrons. The van der Waals surface area contributed by atoms with E-state index in [1.165, 1.54) is 11.0 Å². The summed E-state index contributed by atoms with van der Waals surface area (Å²) in [6, 6.07) is 3.77. The second kappa shape index (κ2) is 7.98. The van der Waals surface area contributed by atoms with Gasteiger partial charge in [0, 0.05) is 25.7 Å². The Balaban J connectivity index is 1.59. The minimum atomic E-state index is -1.48. The van der Waals surface area contributed by atoms with Crippen molar-refractivity contribution in [1.29, 1.82) is 0 Å². The maximum Gasteiger partial charge on any atom is 0.256 e. The van der Waals surface area contributed by atoms with Crippen molar-refractivity contribution in [3.05, 3.63) is 35.4 Å². The predicted molar refractivity (Wildman–Crippen MR) is 92.2 cm³/mol. The summed E-state index contributed by atoms with van der Waals surface area (Å²) < 4.78 is 26.4. The molecule has 0 radical (unpaired) electrons. The summed E-state index contributed by atoms with van der Waals surface area (Å²) in [4.78, 5) is 14.3. The zero-order valence-electron chi connectivity index (χ0n) is 14.8. The van der Waals surface area contributed by atoms with Crippen LogP contribution < -0.4 is 5.32 Å². The molecule has 1 aliphatic heterocycles. The Morgan fingerprint density at radius 3 is 2.62 bits per heavy atom. The van der Waals surface area contributed by atoms with Crippen LogP contribution in [0.25, 0.3) is 0 Å². The lowest BCUT2D eigenvalue weighted by atomic mass is 9.89. The molecule has 2 aliphatic rings. The third-order valence-corrected chi connectivity index (χ3v) is 5.44. The van der Waals surface area contributed by atoms with Crippen LogP contribution in [0.4, 0.5) is 8.78 Å². The molecular formula is C19H26F2N2O3. The zero-order chi connectivity index (χ0) is 18.7. The van der Waals surface area contributed by atoms with E-state index >= 15 is 0 Å². The van der Waals surface area contributed by atoms with Gasteiger partial charge in [-0.05, 0) is 56.2 Å². The molecule has 1 amide bonds. The number of likely N-dealkylation sites (tertiary alicyclic amines) is 1. The van der Waals surface area contributed by atoms with Crippen LogP contribution >= 0.6 is 0 Å². The van der Waals surface area contributed by atoms with E-state index in [4.69, 9.17) is 0 Å². The number of halogens is 2. The normalized spacial score (nSPS) is 29.8. The van der Waals surface area contributed by atoms with E-state index in [1.807, 2.05) is 0 Å². The molecule has 0 aromatic heterocycles. The van der Waals surface area contributed by atoms with E-state index in [1.54, 1.807) is 0 Å². The maximum absolute atomic E-state index is 13.4. The Kier molecular flexibility index (Phi) is 5.89. The first kappa shape index (κ1) is 19.2. The van der Waals surface area contributed by atoms with Gasteiger partial charge < -0.3 is 20.4 Å². The quantitative estimate of drug-likeness (QED) is 0.740. The van der Waals surface area contributed by atoms with Gasteiger partial charge in [-0.25, -0.2) is 8.78 Å². The third-order valence-electron chi connectivity index (χ3n) is 5.44. The number of carbonyl (C=O) groups is 1. The summed E-state index contributed by atoms with van der Waals surface area (Å²) >= 11 is 0. The fourth-order valence-electron chi connectivity index (χ4n) is 3.83.